The molecule has 102 valence electrons. The predicted molar refractivity (Wildman–Crippen MR) is 76.1 cm³/mol. The minimum absolute atomic E-state index is 0.724. The summed E-state index contributed by atoms with van der Waals surface area (Å²) in [7, 11) is 0. The Kier molecular flexibility index (Phi) is 1.88. The summed E-state index contributed by atoms with van der Waals surface area (Å²) in [6, 6.07) is 0. The summed E-state index contributed by atoms with van der Waals surface area (Å²) in [5.41, 5.74) is 2.17. The van der Waals surface area contributed by atoms with Crippen LogP contribution in [0.25, 0.3) is 0 Å². The summed E-state index contributed by atoms with van der Waals surface area (Å²) in [6.45, 7) is 15.2. The molecule has 0 unspecified atom stereocenters. The topological polar surface area (TPSA) is 0 Å². The fraction of sp³-hybridized carbons (Fsp3) is 1.00. The van der Waals surface area contributed by atoms with E-state index in [9.17, 15) is 0 Å². The minimum atomic E-state index is 0.724. The number of hydrogen-bond donors (Lipinski definition) is 0. The zero-order chi connectivity index (χ0) is 13.1. The van der Waals surface area contributed by atoms with Crippen LogP contribution in [0.2, 0.25) is 0 Å². The Morgan fingerprint density at radius 3 is 0.778 bits per heavy atom. The first-order valence-corrected chi connectivity index (χ1v) is 8.41. The first kappa shape index (κ1) is 11.8. The second-order valence-electron chi connectivity index (χ2n) is 8.73. The van der Waals surface area contributed by atoms with Crippen molar-refractivity contribution in [3.8, 4) is 0 Å². The predicted octanol–water partition coefficient (Wildman–Crippen LogP) is 4.99. The first-order valence-electron chi connectivity index (χ1n) is 8.41. The Labute approximate surface area is 113 Å². The van der Waals surface area contributed by atoms with E-state index < -0.39 is 0 Å². The standard InChI is InChI=1S/C18H30/c1-7-16(4)10-11(16)13-15(18(13,6)9-3)14-12(10)17(14,5)8-2/h10-15H,7-9H2,1-6H3. The Morgan fingerprint density at radius 2 is 0.667 bits per heavy atom. The van der Waals surface area contributed by atoms with E-state index in [4.69, 9.17) is 0 Å². The summed E-state index contributed by atoms with van der Waals surface area (Å²) >= 11 is 0. The summed E-state index contributed by atoms with van der Waals surface area (Å²) in [5, 5.41) is 0. The lowest BCUT2D eigenvalue weighted by Crippen LogP contribution is -2.03. The second-order valence-corrected chi connectivity index (χ2v) is 8.73. The van der Waals surface area contributed by atoms with E-state index in [1.54, 1.807) is 0 Å². The Bertz CT molecular complexity index is 308. The average molecular weight is 246 g/mol. The van der Waals surface area contributed by atoms with Gasteiger partial charge in [0, 0.05) is 0 Å². The van der Waals surface area contributed by atoms with Gasteiger partial charge in [0.05, 0.1) is 0 Å². The molecule has 18 heavy (non-hydrogen) atoms. The maximum Gasteiger partial charge on any atom is -0.0260 e. The third-order valence-corrected chi connectivity index (χ3v) is 8.85. The number of hydrogen-bond acceptors (Lipinski definition) is 0. The van der Waals surface area contributed by atoms with Crippen molar-refractivity contribution in [1.82, 2.24) is 0 Å². The van der Waals surface area contributed by atoms with Crippen LogP contribution >= 0.6 is 0 Å². The lowest BCUT2D eigenvalue weighted by molar-refractivity contribution is 0.386. The van der Waals surface area contributed by atoms with E-state index in [0.717, 1.165) is 51.8 Å². The fourth-order valence-corrected chi connectivity index (χ4v) is 7.13. The molecule has 4 fully saturated rings. The highest BCUT2D eigenvalue weighted by molar-refractivity contribution is 5.36. The SMILES string of the molecule is CCC1(C)C2C3C(C4C(C21)C4(C)CC)C3(C)CC. The molecule has 4 aliphatic rings. The molecule has 0 bridgehead atoms. The van der Waals surface area contributed by atoms with Gasteiger partial charge in [-0.25, -0.2) is 0 Å². The van der Waals surface area contributed by atoms with Crippen LogP contribution in [0.4, 0.5) is 0 Å². The summed E-state index contributed by atoms with van der Waals surface area (Å²) in [4.78, 5) is 0. The smallest absolute Gasteiger partial charge is 0.0260 e. The van der Waals surface area contributed by atoms with Crippen LogP contribution in [-0.4, -0.2) is 0 Å². The summed E-state index contributed by atoms with van der Waals surface area (Å²) in [5.74, 6) is 6.62. The molecule has 4 saturated carbocycles. The fourth-order valence-electron chi connectivity index (χ4n) is 7.13. The molecular weight excluding hydrogens is 216 g/mol. The number of rotatable bonds is 3. The van der Waals surface area contributed by atoms with Crippen molar-refractivity contribution in [1.29, 1.82) is 0 Å². The van der Waals surface area contributed by atoms with Gasteiger partial charge in [-0.3, -0.25) is 0 Å². The lowest BCUT2D eigenvalue weighted by Gasteiger charge is -2.10. The van der Waals surface area contributed by atoms with E-state index in [0.29, 0.717) is 0 Å². The van der Waals surface area contributed by atoms with E-state index in [1.165, 1.54) is 19.3 Å². The minimum Gasteiger partial charge on any atom is -0.0648 e. The van der Waals surface area contributed by atoms with Gasteiger partial charge in [0.25, 0.3) is 0 Å². The van der Waals surface area contributed by atoms with Crippen molar-refractivity contribution in [3.05, 3.63) is 0 Å². The number of fused-ring (bicyclic) bond motifs is 6. The maximum atomic E-state index is 2.62. The monoisotopic (exact) mass is 246 g/mol. The third kappa shape index (κ3) is 0.907. The first-order chi connectivity index (χ1) is 8.41. The van der Waals surface area contributed by atoms with Gasteiger partial charge in [0.2, 0.25) is 0 Å². The molecule has 0 aliphatic heterocycles. The molecule has 4 rings (SSSR count). The third-order valence-electron chi connectivity index (χ3n) is 8.85. The Hall–Kier alpha value is 0. The van der Waals surface area contributed by atoms with Gasteiger partial charge < -0.3 is 0 Å². The molecule has 0 heteroatoms. The largest absolute Gasteiger partial charge is 0.0648 e. The highest BCUT2D eigenvalue weighted by Crippen LogP contribution is 2.94. The molecule has 0 spiro atoms. The lowest BCUT2D eigenvalue weighted by atomic mass is 9.94. The molecule has 0 aromatic carbocycles. The van der Waals surface area contributed by atoms with Gasteiger partial charge >= 0.3 is 0 Å². The molecule has 0 heterocycles. The zero-order valence-electron chi connectivity index (χ0n) is 13.1. The van der Waals surface area contributed by atoms with Gasteiger partial charge in [-0.1, -0.05) is 60.8 Å². The van der Waals surface area contributed by atoms with E-state index in [-0.39, 0.29) is 0 Å². The van der Waals surface area contributed by atoms with E-state index in [1.807, 2.05) is 0 Å². The van der Waals surface area contributed by atoms with Gasteiger partial charge in [0.15, 0.2) is 0 Å². The molecule has 0 saturated heterocycles. The molecule has 0 N–H and O–H groups in total. The van der Waals surface area contributed by atoms with Crippen molar-refractivity contribution in [2.45, 2.75) is 60.8 Å². The van der Waals surface area contributed by atoms with Crippen LogP contribution in [0.5, 0.6) is 0 Å². The van der Waals surface area contributed by atoms with Gasteiger partial charge in [0.1, 0.15) is 0 Å². The summed E-state index contributed by atoms with van der Waals surface area (Å²) < 4.78 is 0. The van der Waals surface area contributed by atoms with Crippen molar-refractivity contribution < 1.29 is 0 Å². The van der Waals surface area contributed by atoms with Gasteiger partial charge in [-0.15, -0.1) is 0 Å². The molecule has 0 aromatic rings. The van der Waals surface area contributed by atoms with Crippen LogP contribution in [0.1, 0.15) is 60.8 Å². The molecule has 0 atom stereocenters. The van der Waals surface area contributed by atoms with Gasteiger partial charge in [-0.05, 0) is 51.8 Å². The molecule has 0 aromatic heterocycles. The van der Waals surface area contributed by atoms with Crippen molar-refractivity contribution >= 4 is 0 Å². The van der Waals surface area contributed by atoms with Crippen LogP contribution in [0, 0.1) is 51.8 Å². The van der Waals surface area contributed by atoms with Crippen molar-refractivity contribution in [2.75, 3.05) is 0 Å². The molecule has 0 amide bonds. The maximum absolute atomic E-state index is 2.62. The summed E-state index contributed by atoms with van der Waals surface area (Å²) in [6.07, 6.45) is 4.27. The highest BCUT2D eigenvalue weighted by atomic mass is 14.9. The van der Waals surface area contributed by atoms with E-state index in [2.05, 4.69) is 41.5 Å². The molecule has 0 nitrogen and oxygen atoms in total. The molecule has 4 aliphatic carbocycles. The molecule has 0 radical (unpaired) electrons. The van der Waals surface area contributed by atoms with Gasteiger partial charge in [-0.2, -0.15) is 0 Å². The normalized spacial score (nSPS) is 71.0. The second kappa shape index (κ2) is 2.86. The zero-order valence-corrected chi connectivity index (χ0v) is 13.1. The molecular formula is C18H30. The van der Waals surface area contributed by atoms with Crippen LogP contribution in [0.15, 0.2) is 0 Å². The quantitative estimate of drug-likeness (QED) is 0.658. The van der Waals surface area contributed by atoms with Crippen molar-refractivity contribution in [3.63, 3.8) is 0 Å². The van der Waals surface area contributed by atoms with Crippen LogP contribution < -0.4 is 0 Å². The van der Waals surface area contributed by atoms with Crippen molar-refractivity contribution in [2.24, 2.45) is 51.8 Å². The van der Waals surface area contributed by atoms with Crippen LogP contribution in [-0.2, 0) is 0 Å². The Morgan fingerprint density at radius 1 is 0.500 bits per heavy atom. The highest BCUT2D eigenvalue weighted by Gasteiger charge is 2.90. The van der Waals surface area contributed by atoms with Crippen LogP contribution in [0.3, 0.4) is 0 Å². The van der Waals surface area contributed by atoms with E-state index >= 15 is 0 Å². The Balaban J connectivity index is 1.74. The average Bonchev–Trinajstić information content (AvgIpc) is 3.29.